The minimum Gasteiger partial charge on any atom is -0.321 e. The molecular weight excluding hydrogens is 261 g/mol. The van der Waals surface area contributed by atoms with E-state index in [4.69, 9.17) is 17.3 Å². The molecule has 3 heteroatoms. The fourth-order valence-corrected chi connectivity index (χ4v) is 2.58. The first-order valence-corrected chi connectivity index (χ1v) is 6.57. The Morgan fingerprint density at radius 3 is 2.58 bits per heavy atom. The minimum absolute atomic E-state index is 0.269. The molecule has 0 saturated heterocycles. The van der Waals surface area contributed by atoms with Crippen LogP contribution >= 0.6 is 11.6 Å². The molecule has 0 fully saturated rings. The second-order valence-corrected chi connectivity index (χ2v) is 5.58. The van der Waals surface area contributed by atoms with Crippen LogP contribution in [0, 0.1) is 12.7 Å². The topological polar surface area (TPSA) is 26.0 Å². The Labute approximate surface area is 118 Å². The summed E-state index contributed by atoms with van der Waals surface area (Å²) < 4.78 is 13.8. The molecule has 100 valence electrons. The van der Waals surface area contributed by atoms with Gasteiger partial charge in [0.2, 0.25) is 0 Å². The lowest BCUT2D eigenvalue weighted by Gasteiger charge is -2.27. The second kappa shape index (κ2) is 5.32. The summed E-state index contributed by atoms with van der Waals surface area (Å²) in [6, 6.07) is 12.5. The fourth-order valence-electron chi connectivity index (χ4n) is 2.38. The molecule has 2 aromatic carbocycles. The third-order valence-corrected chi connectivity index (χ3v) is 3.56. The van der Waals surface area contributed by atoms with Crippen LogP contribution in [0.25, 0.3) is 0 Å². The third-order valence-electron chi connectivity index (χ3n) is 3.33. The maximum atomic E-state index is 13.8. The van der Waals surface area contributed by atoms with Gasteiger partial charge in [-0.2, -0.15) is 0 Å². The van der Waals surface area contributed by atoms with Gasteiger partial charge in [-0.05, 0) is 55.2 Å². The highest BCUT2D eigenvalue weighted by Crippen LogP contribution is 2.27. The lowest BCUT2D eigenvalue weighted by molar-refractivity contribution is 0.473. The Bertz CT molecular complexity index is 593. The van der Waals surface area contributed by atoms with Gasteiger partial charge >= 0.3 is 0 Å². The van der Waals surface area contributed by atoms with E-state index < -0.39 is 5.54 Å². The van der Waals surface area contributed by atoms with Crippen LogP contribution in [0.1, 0.15) is 23.6 Å². The Kier molecular flexibility index (Phi) is 3.93. The van der Waals surface area contributed by atoms with Crippen molar-refractivity contribution in [2.24, 2.45) is 5.73 Å². The van der Waals surface area contributed by atoms with Gasteiger partial charge in [0.05, 0.1) is 0 Å². The molecule has 0 bridgehead atoms. The number of hydrogen-bond donors (Lipinski definition) is 1. The number of halogens is 2. The summed E-state index contributed by atoms with van der Waals surface area (Å²) in [6.07, 6.45) is 0.407. The van der Waals surface area contributed by atoms with Crippen molar-refractivity contribution in [3.63, 3.8) is 0 Å². The molecule has 0 aromatic heterocycles. The summed E-state index contributed by atoms with van der Waals surface area (Å²) in [5, 5.41) is 0.525. The first kappa shape index (κ1) is 14.0. The molecule has 0 radical (unpaired) electrons. The maximum Gasteiger partial charge on any atom is 0.126 e. The van der Waals surface area contributed by atoms with E-state index in [0.29, 0.717) is 17.0 Å². The molecule has 0 amide bonds. The number of benzene rings is 2. The third kappa shape index (κ3) is 3.14. The monoisotopic (exact) mass is 277 g/mol. The van der Waals surface area contributed by atoms with Crippen molar-refractivity contribution in [2.45, 2.75) is 25.8 Å². The molecule has 1 nitrogen and oxygen atoms in total. The van der Waals surface area contributed by atoms with Crippen molar-refractivity contribution in [3.8, 4) is 0 Å². The summed E-state index contributed by atoms with van der Waals surface area (Å²) in [6.45, 7) is 3.92. The van der Waals surface area contributed by atoms with Crippen LogP contribution in [0.3, 0.4) is 0 Å². The predicted octanol–water partition coefficient (Wildman–Crippen LogP) is 4.20. The smallest absolute Gasteiger partial charge is 0.126 e. The van der Waals surface area contributed by atoms with E-state index in [9.17, 15) is 4.39 Å². The average Bonchev–Trinajstić information content (AvgIpc) is 2.34. The molecule has 1 atom stereocenters. The molecule has 0 aliphatic heterocycles. The minimum atomic E-state index is -0.628. The fraction of sp³-hybridized carbons (Fsp3) is 0.250. The van der Waals surface area contributed by atoms with E-state index in [-0.39, 0.29) is 5.82 Å². The summed E-state index contributed by atoms with van der Waals surface area (Å²) in [5.41, 5.74) is 8.42. The summed E-state index contributed by atoms with van der Waals surface area (Å²) in [5.74, 6) is -0.269. The SMILES string of the molecule is Cc1ccccc1C(C)(N)Cc1cc(Cl)ccc1F. The maximum absolute atomic E-state index is 13.8. The molecule has 19 heavy (non-hydrogen) atoms. The van der Waals surface area contributed by atoms with Gasteiger partial charge in [0.1, 0.15) is 5.82 Å². The van der Waals surface area contributed by atoms with Crippen molar-refractivity contribution in [2.75, 3.05) is 0 Å². The molecule has 2 rings (SSSR count). The zero-order chi connectivity index (χ0) is 14.0. The Hall–Kier alpha value is -1.38. The predicted molar refractivity (Wildman–Crippen MR) is 77.8 cm³/mol. The first-order valence-electron chi connectivity index (χ1n) is 6.19. The highest BCUT2D eigenvalue weighted by atomic mass is 35.5. The van der Waals surface area contributed by atoms with E-state index in [1.165, 1.54) is 6.07 Å². The van der Waals surface area contributed by atoms with Gasteiger partial charge in [0.15, 0.2) is 0 Å². The summed E-state index contributed by atoms with van der Waals surface area (Å²) >= 11 is 5.92. The Morgan fingerprint density at radius 2 is 1.89 bits per heavy atom. The van der Waals surface area contributed by atoms with Gasteiger partial charge in [-0.25, -0.2) is 4.39 Å². The Balaban J connectivity index is 2.36. The van der Waals surface area contributed by atoms with Crippen LogP contribution in [0.2, 0.25) is 5.02 Å². The molecule has 2 N–H and O–H groups in total. The molecular formula is C16H17ClFN. The molecule has 2 aromatic rings. The Morgan fingerprint density at radius 1 is 1.21 bits per heavy atom. The summed E-state index contributed by atoms with van der Waals surface area (Å²) in [4.78, 5) is 0. The quantitative estimate of drug-likeness (QED) is 0.894. The van der Waals surface area contributed by atoms with E-state index in [1.54, 1.807) is 12.1 Å². The van der Waals surface area contributed by atoms with E-state index in [2.05, 4.69) is 0 Å². The zero-order valence-corrected chi connectivity index (χ0v) is 11.8. The molecule has 1 unspecified atom stereocenters. The number of rotatable bonds is 3. The van der Waals surface area contributed by atoms with Crippen molar-refractivity contribution in [1.82, 2.24) is 0 Å². The van der Waals surface area contributed by atoms with Crippen LogP contribution in [0.15, 0.2) is 42.5 Å². The van der Waals surface area contributed by atoms with E-state index in [1.807, 2.05) is 38.1 Å². The van der Waals surface area contributed by atoms with Crippen LogP contribution in [-0.2, 0) is 12.0 Å². The lowest BCUT2D eigenvalue weighted by atomic mass is 9.84. The van der Waals surface area contributed by atoms with Gasteiger partial charge in [-0.15, -0.1) is 0 Å². The second-order valence-electron chi connectivity index (χ2n) is 5.14. The summed E-state index contributed by atoms with van der Waals surface area (Å²) in [7, 11) is 0. The lowest BCUT2D eigenvalue weighted by Crippen LogP contribution is -2.36. The molecule has 0 heterocycles. The van der Waals surface area contributed by atoms with Gasteiger partial charge < -0.3 is 5.73 Å². The highest BCUT2D eigenvalue weighted by molar-refractivity contribution is 6.30. The van der Waals surface area contributed by atoms with Crippen LogP contribution in [0.4, 0.5) is 4.39 Å². The van der Waals surface area contributed by atoms with Gasteiger partial charge in [0.25, 0.3) is 0 Å². The van der Waals surface area contributed by atoms with Crippen molar-refractivity contribution < 1.29 is 4.39 Å². The first-order chi connectivity index (χ1) is 8.90. The molecule has 0 aliphatic rings. The van der Waals surface area contributed by atoms with Crippen LogP contribution in [-0.4, -0.2) is 0 Å². The largest absolute Gasteiger partial charge is 0.321 e. The molecule has 0 aliphatic carbocycles. The van der Waals surface area contributed by atoms with Crippen molar-refractivity contribution >= 4 is 11.6 Å². The van der Waals surface area contributed by atoms with Crippen LogP contribution < -0.4 is 5.73 Å². The molecule has 0 saturated carbocycles. The van der Waals surface area contributed by atoms with E-state index >= 15 is 0 Å². The average molecular weight is 278 g/mol. The standard InChI is InChI=1S/C16H17ClFN/c1-11-5-3-4-6-14(11)16(2,19)10-12-9-13(17)7-8-15(12)18/h3-9H,10,19H2,1-2H3. The van der Waals surface area contributed by atoms with Crippen LogP contribution in [0.5, 0.6) is 0 Å². The van der Waals surface area contributed by atoms with E-state index in [0.717, 1.165) is 11.1 Å². The van der Waals surface area contributed by atoms with Crippen molar-refractivity contribution in [3.05, 3.63) is 70.0 Å². The normalized spacial score (nSPS) is 14.2. The molecule has 0 spiro atoms. The van der Waals surface area contributed by atoms with Gasteiger partial charge in [-0.3, -0.25) is 0 Å². The zero-order valence-electron chi connectivity index (χ0n) is 11.1. The highest BCUT2D eigenvalue weighted by Gasteiger charge is 2.24. The number of hydrogen-bond acceptors (Lipinski definition) is 1. The van der Waals surface area contributed by atoms with Crippen molar-refractivity contribution in [1.29, 1.82) is 0 Å². The number of aryl methyl sites for hydroxylation is 1. The number of nitrogens with two attached hydrogens (primary N) is 1. The van der Waals surface area contributed by atoms with Gasteiger partial charge in [0, 0.05) is 10.6 Å². The van der Waals surface area contributed by atoms with Gasteiger partial charge in [-0.1, -0.05) is 35.9 Å².